The number of nitrogens with two attached hydrogens (primary N) is 1. The van der Waals surface area contributed by atoms with Crippen molar-refractivity contribution in [3.63, 3.8) is 0 Å². The molecule has 2 aromatic carbocycles. The van der Waals surface area contributed by atoms with Crippen LogP contribution in [0.4, 0.5) is 0 Å². The van der Waals surface area contributed by atoms with Gasteiger partial charge in [-0.1, -0.05) is 32.0 Å². The van der Waals surface area contributed by atoms with Crippen molar-refractivity contribution >= 4 is 10.0 Å². The molecule has 2 heterocycles. The molecule has 0 bridgehead atoms. The molecule has 37 heavy (non-hydrogen) atoms. The highest BCUT2D eigenvalue weighted by atomic mass is 32.2. The summed E-state index contributed by atoms with van der Waals surface area (Å²) in [6.07, 6.45) is 1.81. The molecule has 7 nitrogen and oxygen atoms in total. The van der Waals surface area contributed by atoms with E-state index in [0.717, 1.165) is 48.4 Å². The molecular formula is C29H37N3O4S. The highest BCUT2D eigenvalue weighted by molar-refractivity contribution is 7.89. The van der Waals surface area contributed by atoms with Crippen LogP contribution in [-0.4, -0.2) is 43.6 Å². The van der Waals surface area contributed by atoms with E-state index in [1.165, 1.54) is 23.3 Å². The van der Waals surface area contributed by atoms with Gasteiger partial charge < -0.3 is 9.47 Å². The first-order chi connectivity index (χ1) is 17.5. The highest BCUT2D eigenvalue weighted by Gasteiger charge is 2.28. The molecule has 198 valence electrons. The molecule has 1 aliphatic rings. The molecule has 3 aromatic rings. The number of aryl methyl sites for hydroxylation is 3. The Morgan fingerprint density at radius 2 is 1.73 bits per heavy atom. The van der Waals surface area contributed by atoms with Crippen molar-refractivity contribution in [3.8, 4) is 22.8 Å². The highest BCUT2D eigenvalue weighted by Crippen LogP contribution is 2.36. The maximum atomic E-state index is 11.7. The predicted octanol–water partition coefficient (Wildman–Crippen LogP) is 5.23. The van der Waals surface area contributed by atoms with E-state index >= 15 is 0 Å². The minimum Gasteiger partial charge on any atom is -0.457 e. The molecule has 4 rings (SSSR count). The number of aromatic nitrogens is 1. The van der Waals surface area contributed by atoms with Crippen LogP contribution in [0.5, 0.6) is 11.5 Å². The molecule has 1 saturated heterocycles. The molecule has 0 saturated carbocycles. The van der Waals surface area contributed by atoms with Crippen molar-refractivity contribution in [2.75, 3.05) is 19.7 Å². The Bertz CT molecular complexity index is 1350. The Labute approximate surface area is 220 Å². The normalized spacial score (nSPS) is 16.1. The Morgan fingerprint density at radius 1 is 1.08 bits per heavy atom. The quantitative estimate of drug-likeness (QED) is 0.434. The molecule has 0 atom stereocenters. The fraction of sp³-hybridized carbons (Fsp3) is 0.414. The SMILES string of the molecule is CCc1cccc(CC)c1-c1cc(Oc2ccc(S(N)(=O)=O)cc2)c(CN2CCOC(C)(C)C2)c(C)n1. The van der Waals surface area contributed by atoms with Crippen LogP contribution in [0.1, 0.15) is 50.1 Å². The van der Waals surface area contributed by atoms with Gasteiger partial charge in [-0.2, -0.15) is 0 Å². The molecular weight excluding hydrogens is 486 g/mol. The number of rotatable bonds is 8. The summed E-state index contributed by atoms with van der Waals surface area (Å²) in [5.74, 6) is 1.25. The third kappa shape index (κ3) is 6.38. The van der Waals surface area contributed by atoms with Crippen molar-refractivity contribution < 1.29 is 17.9 Å². The zero-order valence-electron chi connectivity index (χ0n) is 22.4. The number of benzene rings is 2. The van der Waals surface area contributed by atoms with Crippen LogP contribution in [0, 0.1) is 6.92 Å². The Balaban J connectivity index is 1.79. The summed E-state index contributed by atoms with van der Waals surface area (Å²) >= 11 is 0. The lowest BCUT2D eigenvalue weighted by Crippen LogP contribution is -2.47. The fourth-order valence-corrected chi connectivity index (χ4v) is 5.47. The first-order valence-corrected chi connectivity index (χ1v) is 14.3. The Kier molecular flexibility index (Phi) is 8.04. The lowest BCUT2D eigenvalue weighted by Gasteiger charge is -2.38. The summed E-state index contributed by atoms with van der Waals surface area (Å²) in [5.41, 5.74) is 6.22. The molecule has 0 radical (unpaired) electrons. The number of morpholine rings is 1. The largest absolute Gasteiger partial charge is 0.457 e. The van der Waals surface area contributed by atoms with E-state index in [9.17, 15) is 8.42 Å². The van der Waals surface area contributed by atoms with Gasteiger partial charge in [0.25, 0.3) is 0 Å². The van der Waals surface area contributed by atoms with Crippen LogP contribution in [0.2, 0.25) is 0 Å². The number of pyridine rings is 1. The van der Waals surface area contributed by atoms with Gasteiger partial charge in [0.1, 0.15) is 11.5 Å². The zero-order valence-corrected chi connectivity index (χ0v) is 23.2. The van der Waals surface area contributed by atoms with E-state index in [2.05, 4.69) is 50.8 Å². The summed E-state index contributed by atoms with van der Waals surface area (Å²) in [6, 6.07) is 14.6. The van der Waals surface area contributed by atoms with E-state index in [0.29, 0.717) is 24.7 Å². The summed E-state index contributed by atoms with van der Waals surface area (Å²) in [5, 5.41) is 5.28. The number of hydrogen-bond acceptors (Lipinski definition) is 6. The smallest absolute Gasteiger partial charge is 0.238 e. The molecule has 0 aliphatic carbocycles. The van der Waals surface area contributed by atoms with Crippen LogP contribution in [0.3, 0.4) is 0 Å². The van der Waals surface area contributed by atoms with Gasteiger partial charge in [0.15, 0.2) is 0 Å². The van der Waals surface area contributed by atoms with Gasteiger partial charge in [-0.15, -0.1) is 0 Å². The summed E-state index contributed by atoms with van der Waals surface area (Å²) in [6.45, 7) is 13.5. The summed E-state index contributed by atoms with van der Waals surface area (Å²) in [7, 11) is -3.78. The van der Waals surface area contributed by atoms with Gasteiger partial charge in [0, 0.05) is 42.5 Å². The van der Waals surface area contributed by atoms with E-state index in [-0.39, 0.29) is 10.5 Å². The van der Waals surface area contributed by atoms with E-state index in [4.69, 9.17) is 19.6 Å². The van der Waals surface area contributed by atoms with Crippen molar-refractivity contribution in [1.29, 1.82) is 0 Å². The van der Waals surface area contributed by atoms with Crippen molar-refractivity contribution in [2.24, 2.45) is 5.14 Å². The second-order valence-corrected chi connectivity index (χ2v) is 11.7. The van der Waals surface area contributed by atoms with Crippen molar-refractivity contribution in [2.45, 2.75) is 64.5 Å². The topological polar surface area (TPSA) is 94.8 Å². The van der Waals surface area contributed by atoms with Gasteiger partial charge in [-0.3, -0.25) is 9.88 Å². The molecule has 2 N–H and O–H groups in total. The second kappa shape index (κ2) is 10.9. The Hall–Kier alpha value is -2.78. The standard InChI is InChI=1S/C29H37N3O4S/c1-6-21-9-8-10-22(7-2)28(21)26-17-27(36-23-11-13-24(14-12-23)37(30,33)34)25(20(3)31-26)18-32-15-16-35-29(4,5)19-32/h8-14,17H,6-7,15-16,18-19H2,1-5H3,(H2,30,33,34). The van der Waals surface area contributed by atoms with Gasteiger partial charge in [-0.05, 0) is 69.0 Å². The molecule has 0 spiro atoms. The van der Waals surface area contributed by atoms with Gasteiger partial charge in [0.05, 0.1) is 22.8 Å². The van der Waals surface area contributed by atoms with Crippen LogP contribution < -0.4 is 9.88 Å². The van der Waals surface area contributed by atoms with E-state index in [1.807, 2.05) is 13.0 Å². The maximum absolute atomic E-state index is 11.7. The van der Waals surface area contributed by atoms with Crippen molar-refractivity contribution in [3.05, 3.63) is 70.9 Å². The second-order valence-electron chi connectivity index (χ2n) is 10.2. The number of primary sulfonamides is 1. The predicted molar refractivity (Wildman–Crippen MR) is 146 cm³/mol. The van der Waals surface area contributed by atoms with Crippen LogP contribution in [-0.2, 0) is 34.1 Å². The van der Waals surface area contributed by atoms with E-state index in [1.54, 1.807) is 12.1 Å². The third-order valence-electron chi connectivity index (χ3n) is 6.81. The van der Waals surface area contributed by atoms with E-state index < -0.39 is 10.0 Å². The van der Waals surface area contributed by atoms with Crippen LogP contribution in [0.15, 0.2) is 53.4 Å². The molecule has 0 unspecified atom stereocenters. The minimum atomic E-state index is -3.78. The Morgan fingerprint density at radius 3 is 2.30 bits per heavy atom. The molecule has 8 heteroatoms. The monoisotopic (exact) mass is 523 g/mol. The summed E-state index contributed by atoms with van der Waals surface area (Å²) < 4.78 is 35.8. The number of ether oxygens (including phenoxy) is 2. The number of sulfonamides is 1. The summed E-state index contributed by atoms with van der Waals surface area (Å²) in [4.78, 5) is 7.49. The van der Waals surface area contributed by atoms with Crippen molar-refractivity contribution in [1.82, 2.24) is 9.88 Å². The lowest BCUT2D eigenvalue weighted by molar-refractivity contribution is -0.0884. The number of hydrogen-bond donors (Lipinski definition) is 1. The molecule has 1 fully saturated rings. The zero-order chi connectivity index (χ0) is 26.8. The maximum Gasteiger partial charge on any atom is 0.238 e. The average Bonchev–Trinajstić information content (AvgIpc) is 2.84. The first-order valence-electron chi connectivity index (χ1n) is 12.8. The molecule has 1 aliphatic heterocycles. The number of nitrogens with zero attached hydrogens (tertiary/aromatic N) is 2. The first kappa shape index (κ1) is 27.3. The third-order valence-corrected chi connectivity index (χ3v) is 7.74. The van der Waals surface area contributed by atoms with Gasteiger partial charge in [-0.25, -0.2) is 13.6 Å². The van der Waals surface area contributed by atoms with Gasteiger partial charge in [0.2, 0.25) is 10.0 Å². The van der Waals surface area contributed by atoms with Crippen LogP contribution >= 0.6 is 0 Å². The fourth-order valence-electron chi connectivity index (χ4n) is 4.95. The molecule has 0 amide bonds. The molecule has 1 aromatic heterocycles. The van der Waals surface area contributed by atoms with Crippen LogP contribution in [0.25, 0.3) is 11.3 Å². The minimum absolute atomic E-state index is 0.0479. The van der Waals surface area contributed by atoms with Gasteiger partial charge >= 0.3 is 0 Å². The average molecular weight is 524 g/mol. The lowest BCUT2D eigenvalue weighted by atomic mass is 9.94.